The molecule has 0 fully saturated rings. The summed E-state index contributed by atoms with van der Waals surface area (Å²) in [6.45, 7) is 0. The molecule has 1 heterocycles. The zero-order chi connectivity index (χ0) is 11.4. The first kappa shape index (κ1) is 11.0. The van der Waals surface area contributed by atoms with Gasteiger partial charge in [0.2, 0.25) is 0 Å². The van der Waals surface area contributed by atoms with Gasteiger partial charge in [0.25, 0.3) is 0 Å². The van der Waals surface area contributed by atoms with Crippen LogP contribution in [0.1, 0.15) is 0 Å². The molecule has 0 radical (unpaired) electrons. The average Bonchev–Trinajstić information content (AvgIpc) is 2.31. The molecule has 16 heavy (non-hydrogen) atoms. The highest BCUT2D eigenvalue weighted by Crippen LogP contribution is 2.32. The number of hydrogen-bond acceptors (Lipinski definition) is 4. The molecule has 0 aliphatic rings. The van der Waals surface area contributed by atoms with Gasteiger partial charge in [-0.2, -0.15) is 0 Å². The van der Waals surface area contributed by atoms with Crippen molar-refractivity contribution in [3.8, 4) is 0 Å². The van der Waals surface area contributed by atoms with Crippen LogP contribution in [0, 0.1) is 0 Å². The molecular formula is C12H13N3S. The molecular weight excluding hydrogens is 218 g/mol. The van der Waals surface area contributed by atoms with Gasteiger partial charge in [0.05, 0.1) is 5.69 Å². The predicted molar refractivity (Wildman–Crippen MR) is 66.9 cm³/mol. The molecule has 0 unspecified atom stereocenters. The molecule has 0 amide bonds. The van der Waals surface area contributed by atoms with Crippen molar-refractivity contribution >= 4 is 17.4 Å². The summed E-state index contributed by atoms with van der Waals surface area (Å²) in [5.41, 5.74) is 1.18. The Bertz CT molecular complexity index is 457. The van der Waals surface area contributed by atoms with Crippen LogP contribution < -0.4 is 4.90 Å². The summed E-state index contributed by atoms with van der Waals surface area (Å²) in [4.78, 5) is 11.7. The minimum atomic E-state index is 0.775. The predicted octanol–water partition coefficient (Wildman–Crippen LogP) is 2.69. The Labute approximate surface area is 99.5 Å². The van der Waals surface area contributed by atoms with E-state index in [1.807, 2.05) is 32.3 Å². The van der Waals surface area contributed by atoms with Crippen molar-refractivity contribution in [2.45, 2.75) is 10.1 Å². The maximum Gasteiger partial charge on any atom is 0.192 e. The van der Waals surface area contributed by atoms with Crippen LogP contribution in [0.5, 0.6) is 0 Å². The molecule has 0 saturated heterocycles. The molecule has 0 atom stereocenters. The maximum absolute atomic E-state index is 4.21. The number of rotatable bonds is 3. The van der Waals surface area contributed by atoms with E-state index in [1.54, 1.807) is 24.2 Å². The van der Waals surface area contributed by atoms with Gasteiger partial charge in [-0.15, -0.1) is 0 Å². The Morgan fingerprint density at radius 1 is 1.00 bits per heavy atom. The van der Waals surface area contributed by atoms with Crippen LogP contribution in [0.4, 0.5) is 5.69 Å². The van der Waals surface area contributed by atoms with Crippen molar-refractivity contribution in [2.75, 3.05) is 19.0 Å². The molecule has 0 N–H and O–H groups in total. The van der Waals surface area contributed by atoms with Crippen LogP contribution >= 0.6 is 11.8 Å². The molecule has 0 saturated carbocycles. The van der Waals surface area contributed by atoms with E-state index in [-0.39, 0.29) is 0 Å². The van der Waals surface area contributed by atoms with Crippen molar-refractivity contribution in [2.24, 2.45) is 0 Å². The quantitative estimate of drug-likeness (QED) is 0.759. The molecule has 0 bridgehead atoms. The van der Waals surface area contributed by atoms with Crippen LogP contribution in [-0.4, -0.2) is 24.1 Å². The van der Waals surface area contributed by atoms with Crippen LogP contribution in [0.15, 0.2) is 52.8 Å². The van der Waals surface area contributed by atoms with E-state index < -0.39 is 0 Å². The van der Waals surface area contributed by atoms with Gasteiger partial charge in [-0.3, -0.25) is 0 Å². The Hall–Kier alpha value is -1.55. The maximum atomic E-state index is 4.21. The summed E-state index contributed by atoms with van der Waals surface area (Å²) in [6.07, 6.45) is 3.52. The fourth-order valence-corrected chi connectivity index (χ4v) is 2.28. The second-order valence-electron chi connectivity index (χ2n) is 3.50. The first-order valence-corrected chi connectivity index (χ1v) is 5.80. The number of hydrogen-bond donors (Lipinski definition) is 0. The van der Waals surface area contributed by atoms with Crippen molar-refractivity contribution < 1.29 is 0 Å². The van der Waals surface area contributed by atoms with E-state index in [9.17, 15) is 0 Å². The molecule has 4 heteroatoms. The largest absolute Gasteiger partial charge is 0.377 e. The number of nitrogens with zero attached hydrogens (tertiary/aromatic N) is 3. The first-order valence-electron chi connectivity index (χ1n) is 4.98. The zero-order valence-electron chi connectivity index (χ0n) is 9.29. The second kappa shape index (κ2) is 4.99. The minimum Gasteiger partial charge on any atom is -0.377 e. The molecule has 82 valence electrons. The molecule has 3 nitrogen and oxygen atoms in total. The summed E-state index contributed by atoms with van der Waals surface area (Å²) in [5, 5.41) is 0.775. The topological polar surface area (TPSA) is 29.0 Å². The highest BCUT2D eigenvalue weighted by atomic mass is 32.2. The second-order valence-corrected chi connectivity index (χ2v) is 4.50. The number of benzene rings is 1. The number of anilines is 1. The van der Waals surface area contributed by atoms with Crippen molar-refractivity contribution in [3.63, 3.8) is 0 Å². The van der Waals surface area contributed by atoms with E-state index >= 15 is 0 Å². The van der Waals surface area contributed by atoms with Crippen LogP contribution in [0.2, 0.25) is 0 Å². The van der Waals surface area contributed by atoms with E-state index in [0.29, 0.717) is 0 Å². The standard InChI is InChI=1S/C12H13N3S/c1-15(2)10-6-3-4-7-11(10)16-12-13-8-5-9-14-12/h3-9H,1-2H3. The average molecular weight is 231 g/mol. The van der Waals surface area contributed by atoms with Crippen molar-refractivity contribution in [3.05, 3.63) is 42.7 Å². The highest BCUT2D eigenvalue weighted by molar-refractivity contribution is 7.99. The van der Waals surface area contributed by atoms with E-state index in [0.717, 1.165) is 5.16 Å². The van der Waals surface area contributed by atoms with Crippen molar-refractivity contribution in [1.82, 2.24) is 9.97 Å². The minimum absolute atomic E-state index is 0.775. The van der Waals surface area contributed by atoms with Gasteiger partial charge >= 0.3 is 0 Å². The Morgan fingerprint density at radius 3 is 2.38 bits per heavy atom. The summed E-state index contributed by atoms with van der Waals surface area (Å²) in [7, 11) is 4.07. The Morgan fingerprint density at radius 2 is 1.69 bits per heavy atom. The normalized spacial score (nSPS) is 10.1. The molecule has 2 rings (SSSR count). The van der Waals surface area contributed by atoms with Gasteiger partial charge in [-0.05, 0) is 30.0 Å². The lowest BCUT2D eigenvalue weighted by atomic mass is 10.3. The number of aromatic nitrogens is 2. The fraction of sp³-hybridized carbons (Fsp3) is 0.167. The molecule has 0 spiro atoms. The molecule has 0 aliphatic heterocycles. The number of para-hydroxylation sites is 1. The zero-order valence-corrected chi connectivity index (χ0v) is 10.1. The lowest BCUT2D eigenvalue weighted by molar-refractivity contribution is 0.965. The third kappa shape index (κ3) is 2.52. The Balaban J connectivity index is 2.28. The van der Waals surface area contributed by atoms with E-state index in [4.69, 9.17) is 0 Å². The lowest BCUT2D eigenvalue weighted by Crippen LogP contribution is -2.09. The molecule has 1 aromatic carbocycles. The van der Waals surface area contributed by atoms with Gasteiger partial charge in [-0.1, -0.05) is 12.1 Å². The summed E-state index contributed by atoms with van der Waals surface area (Å²) < 4.78 is 0. The van der Waals surface area contributed by atoms with Gasteiger partial charge in [0.1, 0.15) is 0 Å². The van der Waals surface area contributed by atoms with Crippen LogP contribution in [0.25, 0.3) is 0 Å². The summed E-state index contributed by atoms with van der Waals surface area (Å²) in [6, 6.07) is 10.0. The van der Waals surface area contributed by atoms with Crippen LogP contribution in [-0.2, 0) is 0 Å². The summed E-state index contributed by atoms with van der Waals surface area (Å²) in [5.74, 6) is 0. The molecule has 0 aliphatic carbocycles. The Kier molecular flexibility index (Phi) is 3.41. The van der Waals surface area contributed by atoms with Gasteiger partial charge < -0.3 is 4.90 Å². The monoisotopic (exact) mass is 231 g/mol. The lowest BCUT2D eigenvalue weighted by Gasteiger charge is -2.16. The van der Waals surface area contributed by atoms with Crippen LogP contribution in [0.3, 0.4) is 0 Å². The van der Waals surface area contributed by atoms with Gasteiger partial charge in [-0.25, -0.2) is 9.97 Å². The van der Waals surface area contributed by atoms with Gasteiger partial charge in [0.15, 0.2) is 5.16 Å². The fourth-order valence-electron chi connectivity index (χ4n) is 1.35. The van der Waals surface area contributed by atoms with E-state index in [1.165, 1.54) is 10.6 Å². The molecule has 2 aromatic rings. The van der Waals surface area contributed by atoms with E-state index in [2.05, 4.69) is 27.0 Å². The summed E-state index contributed by atoms with van der Waals surface area (Å²) >= 11 is 1.58. The highest BCUT2D eigenvalue weighted by Gasteiger charge is 2.06. The third-order valence-corrected chi connectivity index (χ3v) is 3.05. The van der Waals surface area contributed by atoms with Crippen molar-refractivity contribution in [1.29, 1.82) is 0 Å². The molecule has 1 aromatic heterocycles. The SMILES string of the molecule is CN(C)c1ccccc1Sc1ncccn1. The van der Waals surface area contributed by atoms with Gasteiger partial charge in [0, 0.05) is 31.4 Å². The smallest absolute Gasteiger partial charge is 0.192 e. The first-order chi connectivity index (χ1) is 7.77. The third-order valence-electron chi connectivity index (χ3n) is 2.09.